The number of carbonyl (C=O) groups excluding carboxylic acids is 2. The van der Waals surface area contributed by atoms with Gasteiger partial charge in [-0.1, -0.05) is 23.2 Å². The van der Waals surface area contributed by atoms with E-state index < -0.39 is 11.2 Å². The van der Waals surface area contributed by atoms with E-state index in [1.807, 2.05) is 22.6 Å². The number of hydrogen-bond donors (Lipinski definition) is 0. The summed E-state index contributed by atoms with van der Waals surface area (Å²) in [5, 5.41) is 0.271. The van der Waals surface area contributed by atoms with Gasteiger partial charge in [-0.05, 0) is 52.7 Å². The van der Waals surface area contributed by atoms with Crippen molar-refractivity contribution >= 4 is 68.6 Å². The number of esters is 1. The molecule has 0 saturated carbocycles. The van der Waals surface area contributed by atoms with Crippen molar-refractivity contribution in [2.45, 2.75) is 19.3 Å². The molecule has 0 amide bonds. The molecule has 0 saturated heterocycles. The Kier molecular flexibility index (Phi) is 6.70. The first-order valence-electron chi connectivity index (χ1n) is 4.93. The maximum Gasteiger partial charge on any atom is 0.311 e. The van der Waals surface area contributed by atoms with E-state index in [-0.39, 0.29) is 23.6 Å². The van der Waals surface area contributed by atoms with Crippen LogP contribution in [-0.4, -0.2) is 11.2 Å². The highest BCUT2D eigenvalue weighted by atomic mass is 127. The summed E-state index contributed by atoms with van der Waals surface area (Å²) in [6.45, 7) is 0. The van der Waals surface area contributed by atoms with Gasteiger partial charge in [0.15, 0.2) is 5.75 Å². The molecule has 0 aliphatic heterocycles. The number of ether oxygens (including phenoxy) is 1. The molecule has 0 aliphatic rings. The molecule has 0 fully saturated rings. The minimum absolute atomic E-state index is 0.105. The van der Waals surface area contributed by atoms with Crippen molar-refractivity contribution in [2.24, 2.45) is 0 Å². The van der Waals surface area contributed by atoms with E-state index in [0.717, 1.165) is 0 Å². The maximum absolute atomic E-state index is 11.5. The Morgan fingerprint density at radius 2 is 1.89 bits per heavy atom. The van der Waals surface area contributed by atoms with Crippen molar-refractivity contribution in [3.05, 3.63) is 25.7 Å². The average molecular weight is 421 g/mol. The molecular weight excluding hydrogens is 413 g/mol. The van der Waals surface area contributed by atoms with Crippen molar-refractivity contribution in [1.82, 2.24) is 0 Å². The molecule has 1 aromatic carbocycles. The Morgan fingerprint density at radius 3 is 2.44 bits per heavy atom. The summed E-state index contributed by atoms with van der Waals surface area (Å²) in [6.07, 6.45) is 0.596. The molecule has 0 heterocycles. The third-order valence-corrected chi connectivity index (χ3v) is 3.42. The lowest BCUT2D eigenvalue weighted by Crippen LogP contribution is -2.09. The van der Waals surface area contributed by atoms with Gasteiger partial charge in [0, 0.05) is 17.9 Å². The quantitative estimate of drug-likeness (QED) is 0.306. The van der Waals surface area contributed by atoms with Gasteiger partial charge in [0.2, 0.25) is 5.24 Å². The Morgan fingerprint density at radius 1 is 1.22 bits per heavy atom. The fourth-order valence-electron chi connectivity index (χ4n) is 1.16. The minimum Gasteiger partial charge on any atom is -0.424 e. The lowest BCUT2D eigenvalue weighted by atomic mass is 10.2. The Balaban J connectivity index is 2.62. The number of halogens is 4. The minimum atomic E-state index is -0.470. The first kappa shape index (κ1) is 16.0. The Bertz CT molecular complexity index is 454. The summed E-state index contributed by atoms with van der Waals surface area (Å²) in [5.41, 5.74) is 0. The highest BCUT2D eigenvalue weighted by molar-refractivity contribution is 14.1. The number of hydrogen-bond acceptors (Lipinski definition) is 3. The van der Waals surface area contributed by atoms with Gasteiger partial charge in [-0.15, -0.1) is 0 Å². The van der Waals surface area contributed by atoms with Gasteiger partial charge < -0.3 is 4.74 Å². The molecule has 0 aliphatic carbocycles. The zero-order valence-corrected chi connectivity index (χ0v) is 13.4. The molecule has 3 nitrogen and oxygen atoms in total. The van der Waals surface area contributed by atoms with Crippen molar-refractivity contribution in [3.8, 4) is 5.75 Å². The third kappa shape index (κ3) is 5.30. The molecule has 18 heavy (non-hydrogen) atoms. The van der Waals surface area contributed by atoms with Crippen molar-refractivity contribution in [3.63, 3.8) is 0 Å². The number of benzene rings is 1. The van der Waals surface area contributed by atoms with Gasteiger partial charge in [-0.3, -0.25) is 9.59 Å². The normalized spacial score (nSPS) is 10.2. The van der Waals surface area contributed by atoms with Gasteiger partial charge in [0.05, 0.1) is 8.59 Å². The van der Waals surface area contributed by atoms with Crippen LogP contribution in [0.15, 0.2) is 12.1 Å². The second-order valence-electron chi connectivity index (χ2n) is 3.38. The van der Waals surface area contributed by atoms with Gasteiger partial charge in [-0.2, -0.15) is 0 Å². The summed E-state index contributed by atoms with van der Waals surface area (Å²) in [6, 6.07) is 3.13. The molecule has 0 atom stereocenters. The first-order chi connectivity index (χ1) is 8.40. The van der Waals surface area contributed by atoms with Crippen molar-refractivity contribution in [1.29, 1.82) is 0 Å². The van der Waals surface area contributed by atoms with Crippen LogP contribution in [0.5, 0.6) is 5.75 Å². The monoisotopic (exact) mass is 420 g/mol. The number of carbonyl (C=O) groups is 2. The Hall–Kier alpha value is -0.0400. The molecule has 0 unspecified atom stereocenters. The smallest absolute Gasteiger partial charge is 0.311 e. The van der Waals surface area contributed by atoms with E-state index in [4.69, 9.17) is 39.5 Å². The zero-order valence-electron chi connectivity index (χ0n) is 9.01. The second-order valence-corrected chi connectivity index (χ2v) is 5.81. The zero-order chi connectivity index (χ0) is 13.7. The van der Waals surface area contributed by atoms with Gasteiger partial charge in [0.1, 0.15) is 0 Å². The molecule has 1 rings (SSSR count). The molecule has 0 N–H and O–H groups in total. The summed E-state index contributed by atoms with van der Waals surface area (Å²) in [7, 11) is 0. The molecular formula is C11H8Cl3IO3. The maximum atomic E-state index is 11.5. The molecule has 0 radical (unpaired) electrons. The van der Waals surface area contributed by atoms with Crippen LogP contribution in [0.2, 0.25) is 10.0 Å². The first-order valence-corrected chi connectivity index (χ1v) is 7.15. The van der Waals surface area contributed by atoms with E-state index in [9.17, 15) is 9.59 Å². The summed E-state index contributed by atoms with van der Waals surface area (Å²) in [5.74, 6) is -0.182. The second kappa shape index (κ2) is 7.53. The van der Waals surface area contributed by atoms with Gasteiger partial charge >= 0.3 is 5.97 Å². The largest absolute Gasteiger partial charge is 0.424 e. The van der Waals surface area contributed by atoms with Crippen LogP contribution >= 0.6 is 57.4 Å². The van der Waals surface area contributed by atoms with E-state index in [2.05, 4.69) is 0 Å². The SMILES string of the molecule is O=C(Cl)CCCC(=O)Oc1c(Cl)cc(Cl)cc1I. The Labute approximate surface area is 133 Å². The molecule has 98 valence electrons. The molecule has 0 spiro atoms. The van der Waals surface area contributed by atoms with Crippen LogP contribution in [0.1, 0.15) is 19.3 Å². The van der Waals surface area contributed by atoms with Crippen LogP contribution < -0.4 is 4.74 Å². The van der Waals surface area contributed by atoms with Crippen molar-refractivity contribution in [2.75, 3.05) is 0 Å². The summed E-state index contributed by atoms with van der Waals surface area (Å²) in [4.78, 5) is 22.0. The van der Waals surface area contributed by atoms with Crippen LogP contribution in [0.4, 0.5) is 0 Å². The van der Waals surface area contributed by atoms with E-state index >= 15 is 0 Å². The summed E-state index contributed by atoms with van der Waals surface area (Å²) < 4.78 is 5.77. The topological polar surface area (TPSA) is 43.4 Å². The van der Waals surface area contributed by atoms with E-state index in [1.54, 1.807) is 6.07 Å². The van der Waals surface area contributed by atoms with Crippen LogP contribution in [0, 0.1) is 3.57 Å². The predicted octanol–water partition coefficient (Wildman–Crippen LogP) is 4.44. The van der Waals surface area contributed by atoms with Crippen LogP contribution in [0.3, 0.4) is 0 Å². The van der Waals surface area contributed by atoms with Crippen molar-refractivity contribution < 1.29 is 14.3 Å². The third-order valence-electron chi connectivity index (χ3n) is 1.93. The highest BCUT2D eigenvalue weighted by Crippen LogP contribution is 2.33. The molecule has 1 aromatic rings. The standard InChI is InChI=1S/C11H8Cl3IO3/c12-6-4-7(13)11(8(15)5-6)18-10(17)3-1-2-9(14)16/h4-5H,1-3H2. The lowest BCUT2D eigenvalue weighted by molar-refractivity contribution is -0.134. The van der Waals surface area contributed by atoms with Crippen LogP contribution in [-0.2, 0) is 9.59 Å². The molecule has 0 aromatic heterocycles. The van der Waals surface area contributed by atoms with Gasteiger partial charge in [0.25, 0.3) is 0 Å². The summed E-state index contributed by atoms with van der Waals surface area (Å²) >= 11 is 18.9. The lowest BCUT2D eigenvalue weighted by Gasteiger charge is -2.08. The molecule has 7 heteroatoms. The van der Waals surface area contributed by atoms with E-state index in [0.29, 0.717) is 15.0 Å². The fraction of sp³-hybridized carbons (Fsp3) is 0.273. The average Bonchev–Trinajstić information content (AvgIpc) is 2.22. The van der Waals surface area contributed by atoms with E-state index in [1.165, 1.54) is 6.07 Å². The van der Waals surface area contributed by atoms with Gasteiger partial charge in [-0.25, -0.2) is 0 Å². The number of rotatable bonds is 5. The fourth-order valence-corrected chi connectivity index (χ4v) is 2.91. The molecule has 0 bridgehead atoms. The van der Waals surface area contributed by atoms with Crippen LogP contribution in [0.25, 0.3) is 0 Å². The highest BCUT2D eigenvalue weighted by Gasteiger charge is 2.13. The predicted molar refractivity (Wildman–Crippen MR) is 79.5 cm³/mol.